The number of benzene rings is 1. The van der Waals surface area contributed by atoms with Gasteiger partial charge in [-0.15, -0.1) is 0 Å². The van der Waals surface area contributed by atoms with Gasteiger partial charge in [-0.05, 0) is 24.7 Å². The molecule has 3 N–H and O–H groups in total. The second kappa shape index (κ2) is 7.09. The Labute approximate surface area is 128 Å². The van der Waals surface area contributed by atoms with Crippen LogP contribution in [0.1, 0.15) is 5.56 Å². The molecule has 1 amide bonds. The molecule has 1 aromatic rings. The number of ether oxygens (including phenoxy) is 2. The minimum Gasteiger partial charge on any atom is -0.482 e. The number of primary amides is 1. The number of amides is 1. The molecule has 0 saturated carbocycles. The predicted octanol–water partition coefficient (Wildman–Crippen LogP) is 0.396. The molecule has 2 rings (SSSR count). The van der Waals surface area contributed by atoms with Crippen molar-refractivity contribution in [1.82, 2.24) is 4.90 Å². The average Bonchev–Trinajstić information content (AvgIpc) is 2.84. The molecule has 116 valence electrons. The molecule has 2 atom stereocenters. The number of nitrogens with zero attached hydrogens (tertiary/aromatic N) is 1. The molecule has 1 fully saturated rings. The summed E-state index contributed by atoms with van der Waals surface area (Å²) in [4.78, 5) is 12.7. The van der Waals surface area contributed by atoms with Crippen molar-refractivity contribution in [1.29, 1.82) is 0 Å². The molecule has 1 aliphatic heterocycles. The first kappa shape index (κ1) is 16.0. The molecule has 6 nitrogen and oxygen atoms in total. The van der Waals surface area contributed by atoms with Gasteiger partial charge < -0.3 is 20.3 Å². The van der Waals surface area contributed by atoms with E-state index < -0.39 is 12.0 Å². The molecular weight excluding hydrogens is 296 g/mol. The Kier molecular flexibility index (Phi) is 5.41. The molecule has 1 saturated heterocycles. The Bertz CT molecular complexity index is 512. The van der Waals surface area contributed by atoms with Crippen LogP contribution in [-0.2, 0) is 16.1 Å². The van der Waals surface area contributed by atoms with Gasteiger partial charge in [0.2, 0.25) is 0 Å². The van der Waals surface area contributed by atoms with Crippen LogP contribution in [0, 0.1) is 0 Å². The fourth-order valence-corrected chi connectivity index (χ4v) is 2.52. The van der Waals surface area contributed by atoms with E-state index in [9.17, 15) is 9.90 Å². The maximum atomic E-state index is 10.7. The van der Waals surface area contributed by atoms with Crippen LogP contribution in [0.15, 0.2) is 18.2 Å². The number of hydrogen-bond acceptors (Lipinski definition) is 5. The van der Waals surface area contributed by atoms with Gasteiger partial charge in [-0.3, -0.25) is 9.69 Å². The van der Waals surface area contributed by atoms with Crippen molar-refractivity contribution < 1.29 is 19.4 Å². The fraction of sp³-hybridized carbons (Fsp3) is 0.500. The zero-order valence-electron chi connectivity index (χ0n) is 11.8. The predicted molar refractivity (Wildman–Crippen MR) is 78.2 cm³/mol. The molecule has 0 bridgehead atoms. The van der Waals surface area contributed by atoms with E-state index in [1.54, 1.807) is 12.1 Å². The number of hydrogen-bond donors (Lipinski definition) is 2. The largest absolute Gasteiger partial charge is 0.482 e. The van der Waals surface area contributed by atoms with Crippen molar-refractivity contribution >= 4 is 17.5 Å². The van der Waals surface area contributed by atoms with Crippen LogP contribution in [0.4, 0.5) is 0 Å². The molecule has 1 aromatic carbocycles. The summed E-state index contributed by atoms with van der Waals surface area (Å²) in [6.45, 7) is 1.31. The SMILES string of the molecule is CN(Cc1ccc(OCC(N)=O)c(Cl)c1)[C@@H]1COC[C@H]1O. The molecule has 0 aromatic heterocycles. The van der Waals surface area contributed by atoms with Crippen LogP contribution in [-0.4, -0.2) is 54.9 Å². The number of likely N-dealkylation sites (N-methyl/N-ethyl adjacent to an activating group) is 1. The van der Waals surface area contributed by atoms with Gasteiger partial charge in [-0.25, -0.2) is 0 Å². The van der Waals surface area contributed by atoms with Crippen LogP contribution in [0.3, 0.4) is 0 Å². The zero-order chi connectivity index (χ0) is 15.4. The van der Waals surface area contributed by atoms with Crippen LogP contribution < -0.4 is 10.5 Å². The zero-order valence-corrected chi connectivity index (χ0v) is 12.5. The second-order valence-corrected chi connectivity index (χ2v) is 5.51. The van der Waals surface area contributed by atoms with Crippen LogP contribution >= 0.6 is 11.6 Å². The monoisotopic (exact) mass is 314 g/mol. The number of nitrogens with two attached hydrogens (primary N) is 1. The summed E-state index contributed by atoms with van der Waals surface area (Å²) in [6.07, 6.45) is -0.469. The fourth-order valence-electron chi connectivity index (χ4n) is 2.27. The highest BCUT2D eigenvalue weighted by Crippen LogP contribution is 2.26. The molecular formula is C14H19ClN2O4. The van der Waals surface area contributed by atoms with Gasteiger partial charge in [0, 0.05) is 6.54 Å². The molecule has 1 heterocycles. The van der Waals surface area contributed by atoms with Crippen molar-refractivity contribution in [2.45, 2.75) is 18.7 Å². The van der Waals surface area contributed by atoms with E-state index >= 15 is 0 Å². The smallest absolute Gasteiger partial charge is 0.255 e. The topological polar surface area (TPSA) is 85.0 Å². The highest BCUT2D eigenvalue weighted by atomic mass is 35.5. The molecule has 1 aliphatic rings. The number of aliphatic hydroxyl groups excluding tert-OH is 1. The summed E-state index contributed by atoms with van der Waals surface area (Å²) in [5, 5.41) is 10.2. The Morgan fingerprint density at radius 2 is 2.33 bits per heavy atom. The third-order valence-electron chi connectivity index (χ3n) is 3.39. The number of halogens is 1. The lowest BCUT2D eigenvalue weighted by Crippen LogP contribution is -2.39. The maximum absolute atomic E-state index is 10.7. The van der Waals surface area contributed by atoms with E-state index in [4.69, 9.17) is 26.8 Å². The van der Waals surface area contributed by atoms with Gasteiger partial charge in [-0.1, -0.05) is 17.7 Å². The lowest BCUT2D eigenvalue weighted by molar-refractivity contribution is -0.119. The van der Waals surface area contributed by atoms with Gasteiger partial charge in [0.25, 0.3) is 5.91 Å². The van der Waals surface area contributed by atoms with Gasteiger partial charge in [-0.2, -0.15) is 0 Å². The lowest BCUT2D eigenvalue weighted by atomic mass is 10.1. The van der Waals surface area contributed by atoms with Gasteiger partial charge in [0.1, 0.15) is 5.75 Å². The second-order valence-electron chi connectivity index (χ2n) is 5.11. The number of carbonyl (C=O) groups excluding carboxylic acids is 1. The van der Waals surface area contributed by atoms with Crippen molar-refractivity contribution in [2.75, 3.05) is 26.9 Å². The van der Waals surface area contributed by atoms with Gasteiger partial charge in [0.05, 0.1) is 30.4 Å². The Hall–Kier alpha value is -1.34. The Morgan fingerprint density at radius 3 is 2.90 bits per heavy atom. The van der Waals surface area contributed by atoms with Crippen LogP contribution in [0.2, 0.25) is 5.02 Å². The normalized spacial score (nSPS) is 21.7. The summed E-state index contributed by atoms with van der Waals surface area (Å²) in [6, 6.07) is 5.32. The van der Waals surface area contributed by atoms with Crippen molar-refractivity contribution in [3.05, 3.63) is 28.8 Å². The first-order chi connectivity index (χ1) is 9.97. The van der Waals surface area contributed by atoms with Gasteiger partial charge >= 0.3 is 0 Å². The molecule has 0 aliphatic carbocycles. The molecule has 21 heavy (non-hydrogen) atoms. The number of carbonyl (C=O) groups is 1. The standard InChI is InChI=1S/C14H19ClN2O4/c1-17(11-6-20-7-12(11)18)5-9-2-3-13(10(15)4-9)21-8-14(16)19/h2-4,11-12,18H,5-8H2,1H3,(H2,16,19)/t11-,12-/m1/s1. The summed E-state index contributed by atoms with van der Waals surface area (Å²) >= 11 is 6.11. The van der Waals surface area contributed by atoms with Crippen molar-refractivity contribution in [2.24, 2.45) is 5.73 Å². The Morgan fingerprint density at radius 1 is 1.57 bits per heavy atom. The van der Waals surface area contributed by atoms with E-state index in [1.807, 2.05) is 18.0 Å². The van der Waals surface area contributed by atoms with Gasteiger partial charge in [0.15, 0.2) is 6.61 Å². The highest BCUT2D eigenvalue weighted by molar-refractivity contribution is 6.32. The van der Waals surface area contributed by atoms with E-state index in [0.29, 0.717) is 30.5 Å². The number of rotatable bonds is 6. The Balaban J connectivity index is 1.97. The quantitative estimate of drug-likeness (QED) is 0.794. The number of aliphatic hydroxyl groups is 1. The summed E-state index contributed by atoms with van der Waals surface area (Å²) in [5.74, 6) is -0.129. The lowest BCUT2D eigenvalue weighted by Gasteiger charge is -2.25. The summed E-state index contributed by atoms with van der Waals surface area (Å²) < 4.78 is 10.4. The van der Waals surface area contributed by atoms with E-state index in [1.165, 1.54) is 0 Å². The average molecular weight is 315 g/mol. The van der Waals surface area contributed by atoms with Crippen molar-refractivity contribution in [3.8, 4) is 5.75 Å². The molecule has 0 radical (unpaired) electrons. The molecule has 0 unspecified atom stereocenters. The van der Waals surface area contributed by atoms with E-state index in [0.717, 1.165) is 5.56 Å². The first-order valence-corrected chi connectivity index (χ1v) is 7.00. The molecule has 7 heteroatoms. The van der Waals surface area contributed by atoms with E-state index in [2.05, 4.69) is 0 Å². The van der Waals surface area contributed by atoms with Crippen LogP contribution in [0.25, 0.3) is 0 Å². The third kappa shape index (κ3) is 4.31. The third-order valence-corrected chi connectivity index (χ3v) is 3.68. The summed E-state index contributed by atoms with van der Waals surface area (Å²) in [7, 11) is 1.92. The minimum absolute atomic E-state index is 0.0189. The molecule has 0 spiro atoms. The summed E-state index contributed by atoms with van der Waals surface area (Å²) in [5.41, 5.74) is 6.00. The van der Waals surface area contributed by atoms with E-state index in [-0.39, 0.29) is 12.6 Å². The van der Waals surface area contributed by atoms with Crippen molar-refractivity contribution in [3.63, 3.8) is 0 Å². The van der Waals surface area contributed by atoms with Crippen LogP contribution in [0.5, 0.6) is 5.75 Å². The maximum Gasteiger partial charge on any atom is 0.255 e. The minimum atomic E-state index is -0.551. The highest BCUT2D eigenvalue weighted by Gasteiger charge is 2.29. The first-order valence-electron chi connectivity index (χ1n) is 6.63.